The summed E-state index contributed by atoms with van der Waals surface area (Å²) in [6, 6.07) is 13.1. The van der Waals surface area contributed by atoms with E-state index in [4.69, 9.17) is 4.98 Å². The van der Waals surface area contributed by atoms with Crippen molar-refractivity contribution in [3.63, 3.8) is 0 Å². The molecule has 0 saturated carbocycles. The van der Waals surface area contributed by atoms with Crippen LogP contribution in [0.3, 0.4) is 0 Å². The Morgan fingerprint density at radius 1 is 1.19 bits per heavy atom. The van der Waals surface area contributed by atoms with Gasteiger partial charge in [-0.05, 0) is 48.7 Å². The second-order valence-electron chi connectivity index (χ2n) is 5.70. The lowest BCUT2D eigenvalue weighted by Crippen LogP contribution is -2.31. The molecule has 0 radical (unpaired) electrons. The zero-order valence-corrected chi connectivity index (χ0v) is 12.9. The lowest BCUT2D eigenvalue weighted by atomic mass is 10.00. The SMILES string of the molecule is CCNCc1cc(C)nc(N2CCc3ccccc3C2)c1. The maximum atomic E-state index is 4.74. The Balaban J connectivity index is 1.83. The molecule has 3 nitrogen and oxygen atoms in total. The first-order chi connectivity index (χ1) is 10.3. The Morgan fingerprint density at radius 2 is 2.00 bits per heavy atom. The summed E-state index contributed by atoms with van der Waals surface area (Å²) in [7, 11) is 0. The molecule has 0 saturated heterocycles. The highest BCUT2D eigenvalue weighted by atomic mass is 15.2. The summed E-state index contributed by atoms with van der Waals surface area (Å²) in [5.74, 6) is 1.11. The van der Waals surface area contributed by atoms with Crippen LogP contribution in [0.4, 0.5) is 5.82 Å². The fourth-order valence-corrected chi connectivity index (χ4v) is 2.95. The number of anilines is 1. The second kappa shape index (κ2) is 6.27. The van der Waals surface area contributed by atoms with Gasteiger partial charge < -0.3 is 10.2 Å². The lowest BCUT2D eigenvalue weighted by Gasteiger charge is -2.30. The molecular formula is C18H23N3. The van der Waals surface area contributed by atoms with Gasteiger partial charge in [0, 0.05) is 25.3 Å². The van der Waals surface area contributed by atoms with Gasteiger partial charge in [0.05, 0.1) is 0 Å². The van der Waals surface area contributed by atoms with Gasteiger partial charge in [-0.1, -0.05) is 31.2 Å². The third kappa shape index (κ3) is 3.24. The van der Waals surface area contributed by atoms with Crippen LogP contribution in [-0.4, -0.2) is 18.1 Å². The molecule has 0 fully saturated rings. The summed E-state index contributed by atoms with van der Waals surface area (Å²) in [4.78, 5) is 7.13. The van der Waals surface area contributed by atoms with Crippen molar-refractivity contribution in [2.45, 2.75) is 33.4 Å². The predicted molar refractivity (Wildman–Crippen MR) is 87.6 cm³/mol. The Bertz CT molecular complexity index is 622. The van der Waals surface area contributed by atoms with Crippen LogP contribution in [0.2, 0.25) is 0 Å². The molecule has 2 aromatic rings. The molecule has 0 atom stereocenters. The number of fused-ring (bicyclic) bond motifs is 1. The largest absolute Gasteiger partial charge is 0.352 e. The van der Waals surface area contributed by atoms with Gasteiger partial charge >= 0.3 is 0 Å². The monoisotopic (exact) mass is 281 g/mol. The van der Waals surface area contributed by atoms with Gasteiger partial charge in [0.25, 0.3) is 0 Å². The van der Waals surface area contributed by atoms with Gasteiger partial charge in [0.2, 0.25) is 0 Å². The number of hydrogen-bond donors (Lipinski definition) is 1. The maximum Gasteiger partial charge on any atom is 0.129 e. The van der Waals surface area contributed by atoms with Gasteiger partial charge in [-0.25, -0.2) is 4.98 Å². The Morgan fingerprint density at radius 3 is 2.81 bits per heavy atom. The van der Waals surface area contributed by atoms with E-state index in [1.165, 1.54) is 16.7 Å². The van der Waals surface area contributed by atoms with Gasteiger partial charge in [-0.2, -0.15) is 0 Å². The minimum absolute atomic E-state index is 0.914. The fraction of sp³-hybridized carbons (Fsp3) is 0.389. The quantitative estimate of drug-likeness (QED) is 0.933. The van der Waals surface area contributed by atoms with Crippen molar-refractivity contribution in [2.24, 2.45) is 0 Å². The van der Waals surface area contributed by atoms with Crippen LogP contribution in [0.15, 0.2) is 36.4 Å². The molecule has 1 aromatic heterocycles. The summed E-state index contributed by atoms with van der Waals surface area (Å²) in [5, 5.41) is 3.39. The molecule has 0 unspecified atom stereocenters. The van der Waals surface area contributed by atoms with Crippen LogP contribution in [0.1, 0.15) is 29.3 Å². The molecule has 3 rings (SSSR count). The van der Waals surface area contributed by atoms with Gasteiger partial charge in [-0.3, -0.25) is 0 Å². The molecule has 0 amide bonds. The van der Waals surface area contributed by atoms with E-state index in [1.54, 1.807) is 0 Å². The molecule has 1 aliphatic rings. The van der Waals surface area contributed by atoms with Gasteiger partial charge in [0.15, 0.2) is 0 Å². The van der Waals surface area contributed by atoms with Crippen LogP contribution in [0.5, 0.6) is 0 Å². The van der Waals surface area contributed by atoms with E-state index in [2.05, 4.69) is 60.5 Å². The Labute approximate surface area is 127 Å². The van der Waals surface area contributed by atoms with E-state index in [1.807, 2.05) is 0 Å². The summed E-state index contributed by atoms with van der Waals surface area (Å²) in [5.41, 5.74) is 5.33. The zero-order valence-electron chi connectivity index (χ0n) is 12.9. The summed E-state index contributed by atoms with van der Waals surface area (Å²) in [6.45, 7) is 8.14. The topological polar surface area (TPSA) is 28.2 Å². The minimum Gasteiger partial charge on any atom is -0.352 e. The molecule has 1 N–H and O–H groups in total. The Kier molecular flexibility index (Phi) is 4.20. The zero-order chi connectivity index (χ0) is 14.7. The number of nitrogens with zero attached hydrogens (tertiary/aromatic N) is 2. The summed E-state index contributed by atoms with van der Waals surface area (Å²) < 4.78 is 0. The van der Waals surface area contributed by atoms with Crippen molar-refractivity contribution in [1.82, 2.24) is 10.3 Å². The molecule has 110 valence electrons. The maximum absolute atomic E-state index is 4.74. The molecule has 1 aromatic carbocycles. The Hall–Kier alpha value is -1.87. The minimum atomic E-state index is 0.914. The first kappa shape index (κ1) is 14.1. The van der Waals surface area contributed by atoms with Crippen LogP contribution >= 0.6 is 0 Å². The molecule has 1 aliphatic heterocycles. The normalized spacial score (nSPS) is 14.1. The average Bonchev–Trinajstić information content (AvgIpc) is 2.52. The molecule has 0 bridgehead atoms. The second-order valence-corrected chi connectivity index (χ2v) is 5.70. The van der Waals surface area contributed by atoms with E-state index < -0.39 is 0 Å². The highest BCUT2D eigenvalue weighted by molar-refractivity contribution is 5.46. The molecule has 3 heteroatoms. The van der Waals surface area contributed by atoms with Crippen LogP contribution < -0.4 is 10.2 Å². The van der Waals surface area contributed by atoms with Crippen molar-refractivity contribution in [1.29, 1.82) is 0 Å². The fourth-order valence-electron chi connectivity index (χ4n) is 2.95. The third-order valence-electron chi connectivity index (χ3n) is 4.03. The van der Waals surface area contributed by atoms with E-state index in [9.17, 15) is 0 Å². The number of aromatic nitrogens is 1. The number of nitrogens with one attached hydrogen (secondary N) is 1. The van der Waals surface area contributed by atoms with Crippen molar-refractivity contribution < 1.29 is 0 Å². The number of rotatable bonds is 4. The van der Waals surface area contributed by atoms with Crippen molar-refractivity contribution in [2.75, 3.05) is 18.0 Å². The van der Waals surface area contributed by atoms with Crippen molar-refractivity contribution in [3.8, 4) is 0 Å². The number of benzene rings is 1. The van der Waals surface area contributed by atoms with Gasteiger partial charge in [-0.15, -0.1) is 0 Å². The van der Waals surface area contributed by atoms with Crippen molar-refractivity contribution in [3.05, 3.63) is 58.8 Å². The number of hydrogen-bond acceptors (Lipinski definition) is 3. The smallest absolute Gasteiger partial charge is 0.129 e. The number of pyridine rings is 1. The van der Waals surface area contributed by atoms with Crippen LogP contribution in [0.25, 0.3) is 0 Å². The van der Waals surface area contributed by atoms with Crippen molar-refractivity contribution >= 4 is 5.82 Å². The molecule has 21 heavy (non-hydrogen) atoms. The summed E-state index contributed by atoms with van der Waals surface area (Å²) in [6.07, 6.45) is 1.11. The summed E-state index contributed by atoms with van der Waals surface area (Å²) >= 11 is 0. The average molecular weight is 281 g/mol. The standard InChI is InChI=1S/C18H23N3/c1-3-19-12-15-10-14(2)20-18(11-15)21-9-8-16-6-4-5-7-17(16)13-21/h4-7,10-11,19H,3,8-9,12-13H2,1-2H3. The molecule has 2 heterocycles. The first-order valence-corrected chi connectivity index (χ1v) is 7.76. The lowest BCUT2D eigenvalue weighted by molar-refractivity contribution is 0.707. The van der Waals surface area contributed by atoms with Crippen LogP contribution in [-0.2, 0) is 19.5 Å². The predicted octanol–water partition coefficient (Wildman–Crippen LogP) is 3.06. The highest BCUT2D eigenvalue weighted by Gasteiger charge is 2.17. The van der Waals surface area contributed by atoms with E-state index in [0.29, 0.717) is 0 Å². The van der Waals surface area contributed by atoms with E-state index >= 15 is 0 Å². The number of aryl methyl sites for hydroxylation is 1. The molecular weight excluding hydrogens is 258 g/mol. The third-order valence-corrected chi connectivity index (χ3v) is 4.03. The highest BCUT2D eigenvalue weighted by Crippen LogP contribution is 2.24. The van der Waals surface area contributed by atoms with E-state index in [-0.39, 0.29) is 0 Å². The van der Waals surface area contributed by atoms with Crippen LogP contribution in [0, 0.1) is 6.92 Å². The first-order valence-electron chi connectivity index (χ1n) is 7.76. The molecule has 0 aliphatic carbocycles. The van der Waals surface area contributed by atoms with Gasteiger partial charge in [0.1, 0.15) is 5.82 Å². The van der Waals surface area contributed by atoms with E-state index in [0.717, 1.165) is 44.1 Å². The molecule has 0 spiro atoms.